The monoisotopic (exact) mass is 322 g/mol. The SMILES string of the molecule is CC(C)(CCO)NC(=O)Nc1ccccc1SC(F)(F)F. The minimum absolute atomic E-state index is 0.0807. The second kappa shape index (κ2) is 7.04. The van der Waals surface area contributed by atoms with Gasteiger partial charge in [0.1, 0.15) is 0 Å². The number of halogens is 3. The average molecular weight is 322 g/mol. The molecule has 1 aromatic rings. The van der Waals surface area contributed by atoms with Gasteiger partial charge in [-0.2, -0.15) is 13.2 Å². The lowest BCUT2D eigenvalue weighted by Crippen LogP contribution is -2.46. The highest BCUT2D eigenvalue weighted by molar-refractivity contribution is 8.00. The van der Waals surface area contributed by atoms with E-state index in [1.807, 2.05) is 0 Å². The number of benzene rings is 1. The summed E-state index contributed by atoms with van der Waals surface area (Å²) in [6.45, 7) is 3.31. The maximum absolute atomic E-state index is 12.4. The number of anilines is 1. The zero-order valence-corrected chi connectivity index (χ0v) is 12.4. The summed E-state index contributed by atoms with van der Waals surface area (Å²) in [6.07, 6.45) is 0.333. The molecule has 0 radical (unpaired) electrons. The van der Waals surface area contributed by atoms with E-state index in [4.69, 9.17) is 5.11 Å². The van der Waals surface area contributed by atoms with Crippen molar-refractivity contribution in [2.45, 2.75) is 36.2 Å². The summed E-state index contributed by atoms with van der Waals surface area (Å²) < 4.78 is 37.3. The molecular formula is C13H17F3N2O2S. The smallest absolute Gasteiger partial charge is 0.396 e. The number of rotatable bonds is 5. The third kappa shape index (κ3) is 6.72. The molecule has 0 aliphatic carbocycles. The number of urea groups is 1. The van der Waals surface area contributed by atoms with Crippen LogP contribution in [0.1, 0.15) is 20.3 Å². The lowest BCUT2D eigenvalue weighted by molar-refractivity contribution is -0.0328. The summed E-state index contributed by atoms with van der Waals surface area (Å²) in [5.74, 6) is 0. The maximum atomic E-state index is 12.4. The van der Waals surface area contributed by atoms with Gasteiger partial charge in [-0.1, -0.05) is 12.1 Å². The van der Waals surface area contributed by atoms with Crippen LogP contribution in [0.25, 0.3) is 0 Å². The highest BCUT2D eigenvalue weighted by Crippen LogP contribution is 2.40. The summed E-state index contributed by atoms with van der Waals surface area (Å²) in [6, 6.07) is 5.06. The van der Waals surface area contributed by atoms with Crippen LogP contribution in [0.3, 0.4) is 0 Å². The lowest BCUT2D eigenvalue weighted by atomic mass is 10.0. The Labute approximate surface area is 125 Å². The normalized spacial score (nSPS) is 12.1. The molecule has 0 saturated heterocycles. The molecule has 1 aromatic carbocycles. The highest BCUT2D eigenvalue weighted by atomic mass is 32.2. The Morgan fingerprint density at radius 3 is 2.48 bits per heavy atom. The van der Waals surface area contributed by atoms with E-state index in [0.29, 0.717) is 6.42 Å². The number of alkyl halides is 3. The molecule has 1 rings (SSSR count). The molecule has 8 heteroatoms. The van der Waals surface area contributed by atoms with E-state index in [1.165, 1.54) is 24.3 Å². The third-order valence-electron chi connectivity index (χ3n) is 2.55. The van der Waals surface area contributed by atoms with Crippen molar-refractivity contribution in [3.63, 3.8) is 0 Å². The zero-order valence-electron chi connectivity index (χ0n) is 11.6. The standard InChI is InChI=1S/C13H17F3N2O2S/c1-12(2,7-8-19)18-11(20)17-9-5-3-4-6-10(9)21-13(14,15)16/h3-6,19H,7-8H2,1-2H3,(H2,17,18,20). The molecule has 21 heavy (non-hydrogen) atoms. The van der Waals surface area contributed by atoms with E-state index >= 15 is 0 Å². The Bertz CT molecular complexity index is 493. The van der Waals surface area contributed by atoms with Crippen LogP contribution in [-0.2, 0) is 0 Å². The van der Waals surface area contributed by atoms with Gasteiger partial charge in [-0.05, 0) is 44.2 Å². The van der Waals surface area contributed by atoms with Gasteiger partial charge in [0, 0.05) is 17.0 Å². The topological polar surface area (TPSA) is 61.4 Å². The molecule has 0 saturated carbocycles. The predicted octanol–water partition coefficient (Wildman–Crippen LogP) is 3.58. The predicted molar refractivity (Wildman–Crippen MR) is 76.3 cm³/mol. The molecule has 2 amide bonds. The number of para-hydroxylation sites is 1. The van der Waals surface area contributed by atoms with E-state index in [1.54, 1.807) is 13.8 Å². The van der Waals surface area contributed by atoms with Crippen molar-refractivity contribution in [2.75, 3.05) is 11.9 Å². The molecule has 0 heterocycles. The van der Waals surface area contributed by atoms with Gasteiger partial charge in [0.2, 0.25) is 0 Å². The van der Waals surface area contributed by atoms with E-state index in [9.17, 15) is 18.0 Å². The van der Waals surface area contributed by atoms with Gasteiger partial charge in [-0.25, -0.2) is 4.79 Å². The number of carbonyl (C=O) groups excluding carboxylic acids is 1. The Hall–Kier alpha value is -1.41. The first-order chi connectivity index (χ1) is 9.63. The highest BCUT2D eigenvalue weighted by Gasteiger charge is 2.30. The molecule has 0 bridgehead atoms. The van der Waals surface area contributed by atoms with Crippen LogP contribution in [0.2, 0.25) is 0 Å². The summed E-state index contributed by atoms with van der Waals surface area (Å²) in [7, 11) is 0. The Morgan fingerprint density at radius 1 is 1.29 bits per heavy atom. The fraction of sp³-hybridized carbons (Fsp3) is 0.462. The summed E-state index contributed by atoms with van der Waals surface area (Å²) in [5, 5.41) is 13.9. The van der Waals surface area contributed by atoms with E-state index in [0.717, 1.165) is 0 Å². The molecular weight excluding hydrogens is 305 g/mol. The van der Waals surface area contributed by atoms with Gasteiger partial charge < -0.3 is 15.7 Å². The van der Waals surface area contributed by atoms with Crippen molar-refractivity contribution in [2.24, 2.45) is 0 Å². The van der Waals surface area contributed by atoms with Gasteiger partial charge in [0.05, 0.1) is 5.69 Å². The number of aliphatic hydroxyl groups is 1. The number of aliphatic hydroxyl groups excluding tert-OH is 1. The summed E-state index contributed by atoms with van der Waals surface area (Å²) >= 11 is -0.285. The van der Waals surface area contributed by atoms with Crippen molar-refractivity contribution < 1.29 is 23.1 Å². The molecule has 0 atom stereocenters. The molecule has 118 valence electrons. The first-order valence-electron chi connectivity index (χ1n) is 6.18. The molecule has 3 N–H and O–H groups in total. The first-order valence-corrected chi connectivity index (χ1v) is 6.99. The van der Waals surface area contributed by atoms with Crippen molar-refractivity contribution in [3.05, 3.63) is 24.3 Å². The number of hydrogen-bond acceptors (Lipinski definition) is 3. The number of nitrogens with one attached hydrogen (secondary N) is 2. The molecule has 0 unspecified atom stereocenters. The van der Waals surface area contributed by atoms with Crippen LogP contribution in [0.5, 0.6) is 0 Å². The van der Waals surface area contributed by atoms with Gasteiger partial charge in [0.15, 0.2) is 0 Å². The Balaban J connectivity index is 2.77. The van der Waals surface area contributed by atoms with E-state index in [-0.39, 0.29) is 29.0 Å². The zero-order chi connectivity index (χ0) is 16.1. The third-order valence-corrected chi connectivity index (χ3v) is 3.36. The van der Waals surface area contributed by atoms with E-state index in [2.05, 4.69) is 10.6 Å². The van der Waals surface area contributed by atoms with Crippen molar-refractivity contribution in [1.82, 2.24) is 5.32 Å². The molecule has 0 fully saturated rings. The molecule has 0 aliphatic rings. The van der Waals surface area contributed by atoms with Crippen molar-refractivity contribution in [3.8, 4) is 0 Å². The number of thioether (sulfide) groups is 1. The van der Waals surface area contributed by atoms with Crippen LogP contribution in [0, 0.1) is 0 Å². The lowest BCUT2D eigenvalue weighted by Gasteiger charge is -2.25. The van der Waals surface area contributed by atoms with Crippen LogP contribution >= 0.6 is 11.8 Å². The van der Waals surface area contributed by atoms with Gasteiger partial charge in [0.25, 0.3) is 0 Å². The Morgan fingerprint density at radius 2 is 1.90 bits per heavy atom. The first kappa shape index (κ1) is 17.6. The second-order valence-electron chi connectivity index (χ2n) is 4.98. The quantitative estimate of drug-likeness (QED) is 0.726. The molecule has 0 spiro atoms. The summed E-state index contributed by atoms with van der Waals surface area (Å²) in [5.41, 5.74) is -5.01. The Kier molecular flexibility index (Phi) is 5.91. The van der Waals surface area contributed by atoms with Crippen molar-refractivity contribution in [1.29, 1.82) is 0 Å². The van der Waals surface area contributed by atoms with Crippen molar-refractivity contribution >= 4 is 23.5 Å². The van der Waals surface area contributed by atoms with E-state index < -0.39 is 17.1 Å². The summed E-state index contributed by atoms with van der Waals surface area (Å²) in [4.78, 5) is 11.7. The van der Waals surface area contributed by atoms with Crippen LogP contribution in [-0.4, -0.2) is 28.8 Å². The number of hydrogen-bond donors (Lipinski definition) is 3. The van der Waals surface area contributed by atoms with Gasteiger partial charge >= 0.3 is 11.5 Å². The molecule has 0 aromatic heterocycles. The van der Waals surface area contributed by atoms with Gasteiger partial charge in [-0.3, -0.25) is 0 Å². The molecule has 0 aliphatic heterocycles. The maximum Gasteiger partial charge on any atom is 0.446 e. The van der Waals surface area contributed by atoms with Crippen LogP contribution < -0.4 is 10.6 Å². The van der Waals surface area contributed by atoms with Crippen LogP contribution in [0.15, 0.2) is 29.2 Å². The number of amides is 2. The van der Waals surface area contributed by atoms with Crippen LogP contribution in [0.4, 0.5) is 23.7 Å². The van der Waals surface area contributed by atoms with Gasteiger partial charge in [-0.15, -0.1) is 0 Å². The molecule has 4 nitrogen and oxygen atoms in total. The minimum Gasteiger partial charge on any atom is -0.396 e. The fourth-order valence-electron chi connectivity index (χ4n) is 1.59. The largest absolute Gasteiger partial charge is 0.446 e. The average Bonchev–Trinajstić information content (AvgIpc) is 2.28. The minimum atomic E-state index is -4.43. The number of carbonyl (C=O) groups is 1. The fourth-order valence-corrected chi connectivity index (χ4v) is 2.21. The second-order valence-corrected chi connectivity index (χ2v) is 6.09.